The average molecular weight is 846 g/mol. The average Bonchev–Trinajstić information content (AvgIpc) is 3.66. The summed E-state index contributed by atoms with van der Waals surface area (Å²) < 4.78 is 82.4. The van der Waals surface area contributed by atoms with Gasteiger partial charge in [0, 0.05) is 58.2 Å². The molecule has 0 bridgehead atoms. The maximum absolute atomic E-state index is 17.2. The number of halogens is 7. The van der Waals surface area contributed by atoms with Gasteiger partial charge in [-0.3, -0.25) is 0 Å². The Kier molecular flexibility index (Phi) is 8.04. The fraction of sp³-hybridized carbons (Fsp3) is 0.129. The van der Waals surface area contributed by atoms with Crippen molar-refractivity contribution in [3.05, 3.63) is 120 Å². The molecule has 0 fully saturated rings. The molecule has 0 saturated heterocycles. The quantitative estimate of drug-likeness (QED) is 0.107. The van der Waals surface area contributed by atoms with Crippen LogP contribution < -0.4 is 0 Å². The summed E-state index contributed by atoms with van der Waals surface area (Å²) in [5.41, 5.74) is 0.792. The lowest BCUT2D eigenvalue weighted by atomic mass is 9.83. The van der Waals surface area contributed by atoms with Crippen molar-refractivity contribution in [2.75, 3.05) is 0 Å². The van der Waals surface area contributed by atoms with Gasteiger partial charge in [0.25, 0.3) is 0 Å². The van der Waals surface area contributed by atoms with Gasteiger partial charge in [0.2, 0.25) is 0 Å². The van der Waals surface area contributed by atoms with E-state index in [4.69, 9.17) is 0 Å². The molecule has 3 aromatic heterocycles. The van der Waals surface area contributed by atoms with Gasteiger partial charge in [0.15, 0.2) is 11.4 Å². The Hall–Kier alpha value is -2.30. The lowest BCUT2D eigenvalue weighted by Gasteiger charge is -2.34. The molecule has 0 saturated carbocycles. The third kappa shape index (κ3) is 5.05. The molecule has 6 rings (SSSR count). The zero-order valence-corrected chi connectivity index (χ0v) is 29.2. The van der Waals surface area contributed by atoms with E-state index >= 15 is 17.4 Å². The van der Waals surface area contributed by atoms with Gasteiger partial charge >= 0.3 is 6.97 Å². The second-order valence-electron chi connectivity index (χ2n) is 10.4. The largest absolute Gasteiger partial charge is 0.737 e. The van der Waals surface area contributed by atoms with Crippen molar-refractivity contribution < 1.29 is 26.3 Å². The predicted octanol–water partition coefficient (Wildman–Crippen LogP) is 10.6. The van der Waals surface area contributed by atoms with Gasteiger partial charge < -0.3 is 17.6 Å². The summed E-state index contributed by atoms with van der Waals surface area (Å²) in [4.78, 5) is 3.92. The molecule has 220 valence electrons. The van der Waals surface area contributed by atoms with Crippen LogP contribution in [0.5, 0.6) is 0 Å². The zero-order valence-electron chi connectivity index (χ0n) is 23.2. The van der Waals surface area contributed by atoms with Crippen LogP contribution in [0.1, 0.15) is 48.9 Å². The van der Waals surface area contributed by atoms with Gasteiger partial charge in [0.1, 0.15) is 17.5 Å². The van der Waals surface area contributed by atoms with E-state index in [0.717, 1.165) is 28.5 Å². The second-order valence-corrected chi connectivity index (χ2v) is 15.2. The van der Waals surface area contributed by atoms with E-state index in [1.807, 2.05) is 83.3 Å². The van der Waals surface area contributed by atoms with Crippen LogP contribution in [-0.2, 0) is 0 Å². The van der Waals surface area contributed by atoms with Gasteiger partial charge in [-0.05, 0) is 121 Å². The monoisotopic (exact) mass is 846 g/mol. The Labute approximate surface area is 281 Å². The summed E-state index contributed by atoms with van der Waals surface area (Å²) >= 11 is 7.08. The van der Waals surface area contributed by atoms with Gasteiger partial charge in [-0.15, -0.1) is 22.7 Å². The van der Waals surface area contributed by atoms with Crippen LogP contribution >= 0.6 is 67.9 Å². The van der Waals surface area contributed by atoms with Gasteiger partial charge in [-0.2, -0.15) is 0 Å². The number of aromatic nitrogens is 1. The van der Waals surface area contributed by atoms with Crippen LogP contribution in [0.4, 0.5) is 21.8 Å². The van der Waals surface area contributed by atoms with E-state index in [1.54, 1.807) is 38.2 Å². The third-order valence-electron chi connectivity index (χ3n) is 7.50. The van der Waals surface area contributed by atoms with Crippen molar-refractivity contribution >= 4 is 104 Å². The predicted molar refractivity (Wildman–Crippen MR) is 186 cm³/mol. The summed E-state index contributed by atoms with van der Waals surface area (Å²) in [6.07, 6.45) is 6.80. The maximum Gasteiger partial charge on any atom is 0.737 e. The minimum Gasteiger partial charge on any atom is -0.389 e. The third-order valence-corrected chi connectivity index (χ3v) is 12.2. The number of benzene rings is 1. The molecule has 0 unspecified atom stereocenters. The highest BCUT2D eigenvalue weighted by atomic mass is 127. The molecular formula is C31H22BF5I2N2S2. The van der Waals surface area contributed by atoms with Crippen molar-refractivity contribution in [1.29, 1.82) is 0 Å². The van der Waals surface area contributed by atoms with E-state index in [-0.39, 0.29) is 28.4 Å². The molecule has 5 heterocycles. The molecule has 2 aliphatic heterocycles. The zero-order chi connectivity index (χ0) is 31.0. The van der Waals surface area contributed by atoms with Gasteiger partial charge in [-0.1, -0.05) is 0 Å². The van der Waals surface area contributed by atoms with Crippen LogP contribution in [0, 0.1) is 41.8 Å². The molecule has 0 N–H and O–H groups in total. The molecule has 0 aliphatic carbocycles. The Morgan fingerprint density at radius 3 is 1.91 bits per heavy atom. The van der Waals surface area contributed by atoms with Crippen LogP contribution in [-0.4, -0.2) is 21.6 Å². The van der Waals surface area contributed by atoms with Gasteiger partial charge in [0.05, 0.1) is 14.7 Å². The number of fused-ring (bicyclic) bond motifs is 2. The molecule has 0 atom stereocenters. The topological polar surface area (TPSA) is 7.94 Å². The summed E-state index contributed by atoms with van der Waals surface area (Å²) in [6.45, 7) is 2.71. The summed E-state index contributed by atoms with van der Waals surface area (Å²) in [6, 6.07) is 8.89. The Morgan fingerprint density at radius 1 is 0.814 bits per heavy atom. The number of hydrogen-bond donors (Lipinski definition) is 0. The van der Waals surface area contributed by atoms with E-state index < -0.39 is 30.0 Å². The first-order chi connectivity index (χ1) is 20.3. The van der Waals surface area contributed by atoms with Crippen molar-refractivity contribution in [1.82, 2.24) is 4.48 Å². The Morgan fingerprint density at radius 2 is 1.37 bits per heavy atom. The molecule has 2 aliphatic rings. The smallest absolute Gasteiger partial charge is 0.389 e. The number of allylic oxidation sites excluding steroid dienone is 3. The fourth-order valence-electron chi connectivity index (χ4n) is 5.63. The number of nitrogens with zero attached hydrogens (tertiary/aromatic N) is 2. The summed E-state index contributed by atoms with van der Waals surface area (Å²) in [5.74, 6) is -3.41. The molecular weight excluding hydrogens is 824 g/mol. The van der Waals surface area contributed by atoms with E-state index in [0.29, 0.717) is 30.4 Å². The van der Waals surface area contributed by atoms with Crippen LogP contribution in [0.3, 0.4) is 0 Å². The molecule has 2 nitrogen and oxygen atoms in total. The molecule has 0 radical (unpaired) electrons. The minimum atomic E-state index is -4.55. The first kappa shape index (κ1) is 30.7. The standard InChI is InChI=1S/C31H22BF5I2N2S2/c1-15-5-7-20(42-15)9-11-24-28(38)17(3)30-27(26-22(34)13-19(33)14-23(26)35)31-18(4)29(39)25(41(31)32(36,37)40(24)30)12-10-21-8-6-16(2)43-21/h5-14H,1-4H3. The normalized spacial score (nSPS) is 16.4. The molecule has 43 heavy (non-hydrogen) atoms. The highest BCUT2D eigenvalue weighted by Gasteiger charge is 2.58. The number of hydrogen-bond acceptors (Lipinski definition) is 2. The number of rotatable bonds is 5. The molecule has 0 amide bonds. The summed E-state index contributed by atoms with van der Waals surface area (Å²) in [7, 11) is 0. The molecule has 1 aromatic carbocycles. The van der Waals surface area contributed by atoms with E-state index in [2.05, 4.69) is 0 Å². The Bertz CT molecular complexity index is 1990. The maximum atomic E-state index is 17.2. The summed E-state index contributed by atoms with van der Waals surface area (Å²) in [5, 5.41) is 0. The van der Waals surface area contributed by atoms with Crippen LogP contribution in [0.25, 0.3) is 23.8 Å². The van der Waals surface area contributed by atoms with Crippen molar-refractivity contribution in [2.24, 2.45) is 0 Å². The second kappa shape index (κ2) is 11.3. The lowest BCUT2D eigenvalue weighted by molar-refractivity contribution is -0.362. The fourth-order valence-corrected chi connectivity index (χ4v) is 8.58. The van der Waals surface area contributed by atoms with Gasteiger partial charge in [-0.25, -0.2) is 13.2 Å². The highest BCUT2D eigenvalue weighted by molar-refractivity contribution is 14.1. The molecule has 0 spiro atoms. The van der Waals surface area contributed by atoms with Crippen LogP contribution in [0.15, 0.2) is 57.3 Å². The first-order valence-electron chi connectivity index (χ1n) is 13.2. The SMILES string of the molecule is CC1=C(I)C(C=Cc2ccc(C)s2)=[N+]2C1=C(c1c(F)cc(F)cc1F)c1c(C)c(I)c(C=Cc3ccc(C)s3)n1[B-]2(F)F. The van der Waals surface area contributed by atoms with E-state index in [9.17, 15) is 4.39 Å². The first-order valence-corrected chi connectivity index (χ1v) is 16.9. The van der Waals surface area contributed by atoms with Crippen molar-refractivity contribution in [3.8, 4) is 0 Å². The van der Waals surface area contributed by atoms with Crippen molar-refractivity contribution in [2.45, 2.75) is 27.7 Å². The number of thiophene rings is 2. The minimum absolute atomic E-state index is 0.00901. The molecule has 4 aromatic rings. The van der Waals surface area contributed by atoms with Crippen LogP contribution in [0.2, 0.25) is 0 Å². The molecule has 12 heteroatoms. The highest BCUT2D eigenvalue weighted by Crippen LogP contribution is 2.49. The van der Waals surface area contributed by atoms with E-state index in [1.165, 1.54) is 22.7 Å². The Balaban J connectivity index is 1.72. The van der Waals surface area contributed by atoms with Crippen molar-refractivity contribution in [3.63, 3.8) is 0 Å². The lowest BCUT2D eigenvalue weighted by Crippen LogP contribution is -2.51. The number of aryl methyl sites for hydroxylation is 2.